The third-order valence-corrected chi connectivity index (χ3v) is 3.19. The fourth-order valence-electron chi connectivity index (χ4n) is 1.83. The van der Waals surface area contributed by atoms with Gasteiger partial charge in [0.2, 0.25) is 11.8 Å². The lowest BCUT2D eigenvalue weighted by Gasteiger charge is -2.15. The van der Waals surface area contributed by atoms with Crippen molar-refractivity contribution in [1.29, 1.82) is 5.26 Å². The molecule has 1 unspecified atom stereocenters. The summed E-state index contributed by atoms with van der Waals surface area (Å²) in [6.45, 7) is 1.71. The Balaban J connectivity index is 2.52. The number of carbonyl (C=O) groups is 2. The van der Waals surface area contributed by atoms with Crippen LogP contribution in [-0.2, 0) is 9.59 Å². The molecule has 0 saturated carbocycles. The number of hydrogen-bond acceptors (Lipinski definition) is 3. The maximum absolute atomic E-state index is 11.9. The molecule has 2 amide bonds. The topological polar surface area (TPSA) is 61.2 Å². The fourth-order valence-corrected chi connectivity index (χ4v) is 2.19. The van der Waals surface area contributed by atoms with E-state index in [9.17, 15) is 9.59 Å². The Morgan fingerprint density at radius 2 is 2.18 bits per heavy atom. The van der Waals surface area contributed by atoms with Gasteiger partial charge in [-0.15, -0.1) is 0 Å². The van der Waals surface area contributed by atoms with Gasteiger partial charge in [-0.2, -0.15) is 5.26 Å². The van der Waals surface area contributed by atoms with Gasteiger partial charge in [-0.25, -0.2) is 4.90 Å². The Hall–Kier alpha value is -1.67. The van der Waals surface area contributed by atoms with Crippen molar-refractivity contribution in [3.05, 3.63) is 28.2 Å². The third kappa shape index (κ3) is 1.96. The maximum Gasteiger partial charge on any atom is 0.237 e. The first kappa shape index (κ1) is 11.8. The molecule has 86 valence electrons. The van der Waals surface area contributed by atoms with Crippen LogP contribution in [0.1, 0.15) is 18.9 Å². The number of nitrogens with zero attached hydrogens (tertiary/aromatic N) is 2. The molecular weight excluding hydrogens is 284 g/mol. The van der Waals surface area contributed by atoms with Crippen LogP contribution in [-0.4, -0.2) is 11.8 Å². The first-order valence-corrected chi connectivity index (χ1v) is 5.90. The summed E-state index contributed by atoms with van der Waals surface area (Å²) in [6.07, 6.45) is 0.208. The number of imide groups is 1. The molecule has 1 aliphatic heterocycles. The summed E-state index contributed by atoms with van der Waals surface area (Å²) in [4.78, 5) is 24.7. The first-order chi connectivity index (χ1) is 8.04. The second-order valence-corrected chi connectivity index (χ2v) is 4.86. The van der Waals surface area contributed by atoms with Crippen molar-refractivity contribution in [3.63, 3.8) is 0 Å². The van der Waals surface area contributed by atoms with E-state index in [0.29, 0.717) is 11.3 Å². The SMILES string of the molecule is CC1CC(=O)N(c2ccc(Br)cc2C#N)C1=O. The van der Waals surface area contributed by atoms with Crippen LogP contribution in [0.3, 0.4) is 0 Å². The molecular formula is C12H9BrN2O2. The number of rotatable bonds is 1. The van der Waals surface area contributed by atoms with Crippen LogP contribution in [0.4, 0.5) is 5.69 Å². The average molecular weight is 293 g/mol. The molecule has 0 spiro atoms. The summed E-state index contributed by atoms with van der Waals surface area (Å²) in [7, 11) is 0. The maximum atomic E-state index is 11.9. The highest BCUT2D eigenvalue weighted by molar-refractivity contribution is 9.10. The summed E-state index contributed by atoms with van der Waals surface area (Å²) in [6, 6.07) is 6.90. The van der Waals surface area contributed by atoms with Gasteiger partial charge in [0.05, 0.1) is 11.3 Å². The molecule has 0 N–H and O–H groups in total. The van der Waals surface area contributed by atoms with Crippen LogP contribution in [0.15, 0.2) is 22.7 Å². The van der Waals surface area contributed by atoms with Crippen LogP contribution in [0.5, 0.6) is 0 Å². The lowest BCUT2D eigenvalue weighted by molar-refractivity contribution is -0.122. The van der Waals surface area contributed by atoms with Gasteiger partial charge in [-0.3, -0.25) is 9.59 Å². The van der Waals surface area contributed by atoms with Gasteiger partial charge in [0.15, 0.2) is 0 Å². The minimum atomic E-state index is -0.308. The molecule has 1 aromatic rings. The lowest BCUT2D eigenvalue weighted by atomic mass is 10.1. The van der Waals surface area contributed by atoms with E-state index in [1.807, 2.05) is 6.07 Å². The monoisotopic (exact) mass is 292 g/mol. The highest BCUT2D eigenvalue weighted by atomic mass is 79.9. The van der Waals surface area contributed by atoms with Crippen molar-refractivity contribution in [2.75, 3.05) is 4.90 Å². The first-order valence-electron chi connectivity index (χ1n) is 5.11. The Morgan fingerprint density at radius 3 is 2.71 bits per heavy atom. The normalized spacial score (nSPS) is 19.6. The van der Waals surface area contributed by atoms with E-state index in [2.05, 4.69) is 15.9 Å². The molecule has 1 aliphatic rings. The Labute approximate surface area is 107 Å². The summed E-state index contributed by atoms with van der Waals surface area (Å²) < 4.78 is 0.741. The summed E-state index contributed by atoms with van der Waals surface area (Å²) in [5.74, 6) is -0.798. The van der Waals surface area contributed by atoms with Crippen molar-refractivity contribution in [3.8, 4) is 6.07 Å². The second-order valence-electron chi connectivity index (χ2n) is 3.95. The molecule has 0 aromatic heterocycles. The highest BCUT2D eigenvalue weighted by Crippen LogP contribution is 2.30. The molecule has 0 bridgehead atoms. The van der Waals surface area contributed by atoms with Crippen LogP contribution < -0.4 is 4.90 Å². The number of amides is 2. The quantitative estimate of drug-likeness (QED) is 0.746. The number of benzene rings is 1. The Morgan fingerprint density at radius 1 is 1.47 bits per heavy atom. The third-order valence-electron chi connectivity index (χ3n) is 2.69. The molecule has 0 aliphatic carbocycles. The number of hydrogen-bond donors (Lipinski definition) is 0. The predicted octanol–water partition coefficient (Wildman–Crippen LogP) is 2.22. The molecule has 17 heavy (non-hydrogen) atoms. The largest absolute Gasteiger partial charge is 0.274 e. The van der Waals surface area contributed by atoms with E-state index < -0.39 is 0 Å². The molecule has 1 aromatic carbocycles. The van der Waals surface area contributed by atoms with Gasteiger partial charge in [-0.05, 0) is 18.2 Å². The summed E-state index contributed by atoms with van der Waals surface area (Å²) >= 11 is 3.25. The number of carbonyl (C=O) groups excluding carboxylic acids is 2. The number of nitriles is 1. The molecule has 1 fully saturated rings. The van der Waals surface area contributed by atoms with Gasteiger partial charge >= 0.3 is 0 Å². The van der Waals surface area contributed by atoms with Crippen LogP contribution >= 0.6 is 15.9 Å². The molecule has 1 atom stereocenters. The van der Waals surface area contributed by atoms with E-state index in [0.717, 1.165) is 9.37 Å². The molecule has 1 heterocycles. The zero-order chi connectivity index (χ0) is 12.6. The summed E-state index contributed by atoms with van der Waals surface area (Å²) in [5.41, 5.74) is 0.685. The zero-order valence-corrected chi connectivity index (χ0v) is 10.7. The zero-order valence-electron chi connectivity index (χ0n) is 9.11. The van der Waals surface area contributed by atoms with E-state index in [1.54, 1.807) is 25.1 Å². The van der Waals surface area contributed by atoms with Gasteiger partial charge in [0, 0.05) is 16.8 Å². The van der Waals surface area contributed by atoms with Gasteiger partial charge in [0.25, 0.3) is 0 Å². The van der Waals surface area contributed by atoms with E-state index in [-0.39, 0.29) is 24.2 Å². The molecule has 4 nitrogen and oxygen atoms in total. The standard InChI is InChI=1S/C12H9BrN2O2/c1-7-4-11(16)15(12(7)17)10-3-2-9(13)5-8(10)6-14/h2-3,5,7H,4H2,1H3. The lowest BCUT2D eigenvalue weighted by Crippen LogP contribution is -2.30. The molecule has 5 heteroatoms. The van der Waals surface area contributed by atoms with E-state index in [4.69, 9.17) is 5.26 Å². The molecule has 2 rings (SSSR count). The minimum absolute atomic E-state index is 0.208. The van der Waals surface area contributed by atoms with Crippen molar-refractivity contribution >= 4 is 33.4 Å². The van der Waals surface area contributed by atoms with Crippen LogP contribution in [0.25, 0.3) is 0 Å². The van der Waals surface area contributed by atoms with Gasteiger partial charge in [0.1, 0.15) is 6.07 Å². The average Bonchev–Trinajstić information content (AvgIpc) is 2.54. The van der Waals surface area contributed by atoms with E-state index in [1.165, 1.54) is 0 Å². The van der Waals surface area contributed by atoms with Gasteiger partial charge in [-0.1, -0.05) is 22.9 Å². The van der Waals surface area contributed by atoms with Crippen molar-refractivity contribution in [2.45, 2.75) is 13.3 Å². The van der Waals surface area contributed by atoms with E-state index >= 15 is 0 Å². The van der Waals surface area contributed by atoms with Crippen molar-refractivity contribution in [2.24, 2.45) is 5.92 Å². The van der Waals surface area contributed by atoms with Crippen molar-refractivity contribution in [1.82, 2.24) is 0 Å². The van der Waals surface area contributed by atoms with Crippen LogP contribution in [0.2, 0.25) is 0 Å². The molecule has 1 saturated heterocycles. The van der Waals surface area contributed by atoms with Crippen LogP contribution in [0, 0.1) is 17.2 Å². The predicted molar refractivity (Wildman–Crippen MR) is 65.1 cm³/mol. The number of halogens is 1. The summed E-state index contributed by atoms with van der Waals surface area (Å²) in [5, 5.41) is 9.02. The Kier molecular flexibility index (Phi) is 2.99. The second kappa shape index (κ2) is 4.30. The van der Waals surface area contributed by atoms with Gasteiger partial charge < -0.3 is 0 Å². The van der Waals surface area contributed by atoms with Crippen molar-refractivity contribution < 1.29 is 9.59 Å². The Bertz CT molecular complexity index is 548. The highest BCUT2D eigenvalue weighted by Gasteiger charge is 2.37. The smallest absolute Gasteiger partial charge is 0.237 e. The minimum Gasteiger partial charge on any atom is -0.274 e. The fraction of sp³-hybridized carbons (Fsp3) is 0.250. The number of anilines is 1. The molecule has 0 radical (unpaired) electrons.